The Labute approximate surface area is 257 Å². The number of hydrogen-bond acceptors (Lipinski definition) is 6. The van der Waals surface area contributed by atoms with Gasteiger partial charge in [0, 0.05) is 76.6 Å². The van der Waals surface area contributed by atoms with Crippen LogP contribution in [0.25, 0.3) is 11.0 Å². The molecule has 0 radical (unpaired) electrons. The van der Waals surface area contributed by atoms with Gasteiger partial charge in [0.2, 0.25) is 5.91 Å². The number of carbonyl (C=O) groups excluding carboxylic acids is 2. The first kappa shape index (κ1) is 29.6. The van der Waals surface area contributed by atoms with Gasteiger partial charge in [0.1, 0.15) is 12.0 Å². The lowest BCUT2D eigenvalue weighted by Gasteiger charge is -2.43. The number of aliphatic hydroxyl groups is 1. The molecule has 2 atom stereocenters. The van der Waals surface area contributed by atoms with E-state index in [1.807, 2.05) is 90.4 Å². The van der Waals surface area contributed by atoms with Crippen molar-refractivity contribution >= 4 is 28.5 Å². The van der Waals surface area contributed by atoms with Crippen molar-refractivity contribution in [1.29, 1.82) is 0 Å². The molecule has 0 saturated carbocycles. The number of nitrogens with zero attached hydrogens (tertiary/aromatic N) is 6. The third-order valence-electron chi connectivity index (χ3n) is 9.38. The fraction of sp³-hybridized carbons (Fsp3) is 0.412. The van der Waals surface area contributed by atoms with E-state index < -0.39 is 5.60 Å². The molecular formula is C34H40N6O4. The third kappa shape index (κ3) is 5.74. The number of aromatic nitrogens is 3. The van der Waals surface area contributed by atoms with Gasteiger partial charge in [0.05, 0.1) is 17.5 Å². The molecule has 0 unspecified atom stereocenters. The normalized spacial score (nSPS) is 20.1. The number of piperidine rings is 2. The van der Waals surface area contributed by atoms with E-state index in [2.05, 4.69) is 4.98 Å². The highest BCUT2D eigenvalue weighted by Gasteiger charge is 2.41. The zero-order valence-electron chi connectivity index (χ0n) is 25.6. The highest BCUT2D eigenvalue weighted by molar-refractivity contribution is 5.95. The fourth-order valence-corrected chi connectivity index (χ4v) is 6.72. The number of likely N-dealkylation sites (tertiary alicyclic amines) is 2. The number of carbonyl (C=O) groups is 2. The van der Waals surface area contributed by atoms with Gasteiger partial charge in [-0.05, 0) is 49.1 Å². The van der Waals surface area contributed by atoms with E-state index >= 15 is 0 Å². The standard InChI is InChI=1S/C34H40N6O4/c1-36(2)26-11-7-10-25(20-26)31(41)39-17-13-27(29(21-39)24-8-5-4-6-9-24)32(42)38-18-14-34(44,15-19-38)22-40-23-35-30-28(33(40)43)12-16-37(30)3/h4-12,16,20,23,27,29,44H,13-15,17-19,21-22H2,1-3H3/t27-,29+/m1/s1. The summed E-state index contributed by atoms with van der Waals surface area (Å²) >= 11 is 0. The zero-order chi connectivity index (χ0) is 31.0. The summed E-state index contributed by atoms with van der Waals surface area (Å²) in [6.45, 7) is 1.90. The molecule has 0 bridgehead atoms. The Hall–Kier alpha value is -4.44. The number of benzene rings is 2. The molecule has 4 aromatic rings. The van der Waals surface area contributed by atoms with Crippen LogP contribution in [0.3, 0.4) is 0 Å². The molecule has 2 amide bonds. The molecule has 230 valence electrons. The van der Waals surface area contributed by atoms with Crippen molar-refractivity contribution < 1.29 is 14.7 Å². The second-order valence-corrected chi connectivity index (χ2v) is 12.5. The summed E-state index contributed by atoms with van der Waals surface area (Å²) in [5.74, 6) is -0.372. The van der Waals surface area contributed by atoms with Crippen LogP contribution < -0.4 is 10.5 Å². The van der Waals surface area contributed by atoms with Gasteiger partial charge in [-0.25, -0.2) is 4.98 Å². The molecule has 4 heterocycles. The Bertz CT molecular complexity index is 1720. The summed E-state index contributed by atoms with van der Waals surface area (Å²) < 4.78 is 3.28. The molecule has 6 rings (SSSR count). The van der Waals surface area contributed by atoms with Crippen LogP contribution in [0.4, 0.5) is 5.69 Å². The second kappa shape index (κ2) is 11.9. The van der Waals surface area contributed by atoms with Crippen molar-refractivity contribution in [3.05, 3.63) is 94.7 Å². The first-order chi connectivity index (χ1) is 21.1. The Morgan fingerprint density at radius 3 is 2.48 bits per heavy atom. The molecule has 2 aromatic heterocycles. The summed E-state index contributed by atoms with van der Waals surface area (Å²) in [6.07, 6.45) is 4.60. The van der Waals surface area contributed by atoms with E-state index in [-0.39, 0.29) is 35.8 Å². The van der Waals surface area contributed by atoms with Gasteiger partial charge in [0.15, 0.2) is 0 Å². The molecule has 10 nitrogen and oxygen atoms in total. The fourth-order valence-electron chi connectivity index (χ4n) is 6.72. The highest BCUT2D eigenvalue weighted by Crippen LogP contribution is 2.36. The monoisotopic (exact) mass is 596 g/mol. The number of aryl methyl sites for hydroxylation is 1. The Kier molecular flexibility index (Phi) is 8.02. The van der Waals surface area contributed by atoms with E-state index in [1.165, 1.54) is 10.9 Å². The summed E-state index contributed by atoms with van der Waals surface area (Å²) in [7, 11) is 5.75. The molecule has 2 aromatic carbocycles. The van der Waals surface area contributed by atoms with Crippen LogP contribution in [-0.4, -0.2) is 86.7 Å². The van der Waals surface area contributed by atoms with E-state index in [1.54, 1.807) is 16.8 Å². The zero-order valence-corrected chi connectivity index (χ0v) is 25.6. The molecular weight excluding hydrogens is 556 g/mol. The molecule has 10 heteroatoms. The van der Waals surface area contributed by atoms with E-state index in [0.29, 0.717) is 62.0 Å². The molecule has 2 aliphatic heterocycles. The van der Waals surface area contributed by atoms with E-state index in [4.69, 9.17) is 0 Å². The molecule has 2 aliphatic rings. The molecule has 0 spiro atoms. The van der Waals surface area contributed by atoms with Gasteiger partial charge in [-0.1, -0.05) is 36.4 Å². The minimum Gasteiger partial charge on any atom is -0.388 e. The van der Waals surface area contributed by atoms with E-state index in [9.17, 15) is 19.5 Å². The predicted octanol–water partition coefficient (Wildman–Crippen LogP) is 3.10. The number of amides is 2. The van der Waals surface area contributed by atoms with Crippen LogP contribution in [0.2, 0.25) is 0 Å². The van der Waals surface area contributed by atoms with Gasteiger partial charge in [0.25, 0.3) is 11.5 Å². The summed E-state index contributed by atoms with van der Waals surface area (Å²) in [5.41, 5.74) is 1.98. The van der Waals surface area contributed by atoms with Crippen LogP contribution >= 0.6 is 0 Å². The van der Waals surface area contributed by atoms with Crippen LogP contribution in [-0.2, 0) is 18.4 Å². The Morgan fingerprint density at radius 1 is 1.00 bits per heavy atom. The average molecular weight is 597 g/mol. The second-order valence-electron chi connectivity index (χ2n) is 12.5. The van der Waals surface area contributed by atoms with Gasteiger partial charge in [-0.15, -0.1) is 0 Å². The summed E-state index contributed by atoms with van der Waals surface area (Å²) in [5, 5.41) is 12.0. The Morgan fingerprint density at radius 2 is 1.75 bits per heavy atom. The van der Waals surface area contributed by atoms with Crippen molar-refractivity contribution in [3.63, 3.8) is 0 Å². The smallest absolute Gasteiger partial charge is 0.262 e. The summed E-state index contributed by atoms with van der Waals surface area (Å²) in [6, 6.07) is 19.4. The predicted molar refractivity (Wildman–Crippen MR) is 170 cm³/mol. The number of fused-ring (bicyclic) bond motifs is 1. The minimum atomic E-state index is -1.11. The molecule has 1 N–H and O–H groups in total. The van der Waals surface area contributed by atoms with Gasteiger partial charge in [-0.3, -0.25) is 19.0 Å². The number of rotatable bonds is 6. The van der Waals surface area contributed by atoms with Crippen LogP contribution in [0.15, 0.2) is 78.0 Å². The topological polar surface area (TPSA) is 104 Å². The van der Waals surface area contributed by atoms with Crippen LogP contribution in [0, 0.1) is 5.92 Å². The minimum absolute atomic E-state index is 0.0259. The number of hydrogen-bond donors (Lipinski definition) is 1. The maximum atomic E-state index is 14.0. The first-order valence-electron chi connectivity index (χ1n) is 15.3. The van der Waals surface area contributed by atoms with E-state index in [0.717, 1.165) is 11.3 Å². The molecule has 44 heavy (non-hydrogen) atoms. The van der Waals surface area contributed by atoms with Gasteiger partial charge < -0.3 is 24.4 Å². The quantitative estimate of drug-likeness (QED) is 0.367. The maximum Gasteiger partial charge on any atom is 0.262 e. The highest BCUT2D eigenvalue weighted by atomic mass is 16.3. The largest absolute Gasteiger partial charge is 0.388 e. The van der Waals surface area contributed by atoms with Gasteiger partial charge in [-0.2, -0.15) is 0 Å². The Balaban J connectivity index is 1.15. The first-order valence-corrected chi connectivity index (χ1v) is 15.3. The molecule has 2 fully saturated rings. The third-order valence-corrected chi connectivity index (χ3v) is 9.38. The van der Waals surface area contributed by atoms with Crippen LogP contribution in [0.5, 0.6) is 0 Å². The maximum absolute atomic E-state index is 14.0. The molecule has 2 saturated heterocycles. The van der Waals surface area contributed by atoms with Crippen LogP contribution in [0.1, 0.15) is 41.1 Å². The van der Waals surface area contributed by atoms with Crippen molar-refractivity contribution in [2.45, 2.75) is 37.3 Å². The van der Waals surface area contributed by atoms with Crippen molar-refractivity contribution in [1.82, 2.24) is 23.9 Å². The van der Waals surface area contributed by atoms with Crippen molar-refractivity contribution in [2.24, 2.45) is 13.0 Å². The molecule has 0 aliphatic carbocycles. The average Bonchev–Trinajstić information content (AvgIpc) is 3.43. The SMILES string of the molecule is CN(C)c1cccc(C(=O)N2CC[C@@H](C(=O)N3CCC(O)(Cn4cnc5c(ccn5C)c4=O)CC3)[C@H](c3ccccc3)C2)c1. The lowest BCUT2D eigenvalue weighted by Crippen LogP contribution is -2.53. The lowest BCUT2D eigenvalue weighted by atomic mass is 9.79. The van der Waals surface area contributed by atoms with Crippen molar-refractivity contribution in [2.75, 3.05) is 45.2 Å². The summed E-state index contributed by atoms with van der Waals surface area (Å²) in [4.78, 5) is 50.8. The van der Waals surface area contributed by atoms with Crippen molar-refractivity contribution in [3.8, 4) is 0 Å². The van der Waals surface area contributed by atoms with Gasteiger partial charge >= 0.3 is 0 Å². The number of anilines is 1. The lowest BCUT2D eigenvalue weighted by molar-refractivity contribution is -0.142.